The zero-order valence-electron chi connectivity index (χ0n) is 20.0. The highest BCUT2D eigenvalue weighted by Crippen LogP contribution is 2.45. The van der Waals surface area contributed by atoms with Crippen LogP contribution in [0.2, 0.25) is 0 Å². The second-order valence-electron chi connectivity index (χ2n) is 9.88. The number of hydrogen-bond acceptors (Lipinski definition) is 5. The van der Waals surface area contributed by atoms with Crippen LogP contribution in [0.4, 0.5) is 9.18 Å². The molecule has 3 aliphatic rings. The largest absolute Gasteiger partial charge is 0.497 e. The van der Waals surface area contributed by atoms with Crippen LogP contribution in [0.5, 0.6) is 5.75 Å². The first-order valence-electron chi connectivity index (χ1n) is 12.3. The van der Waals surface area contributed by atoms with Gasteiger partial charge in [-0.3, -0.25) is 4.90 Å². The van der Waals surface area contributed by atoms with Crippen LogP contribution in [-0.4, -0.2) is 55.1 Å². The van der Waals surface area contributed by atoms with Gasteiger partial charge in [0.15, 0.2) is 0 Å². The van der Waals surface area contributed by atoms with E-state index in [2.05, 4.69) is 24.3 Å². The van der Waals surface area contributed by atoms with Gasteiger partial charge in [-0.05, 0) is 39.9 Å². The Hall–Kier alpha value is -3.42. The van der Waals surface area contributed by atoms with Crippen LogP contribution in [0.25, 0.3) is 11.1 Å². The van der Waals surface area contributed by atoms with E-state index < -0.39 is 17.5 Å². The number of morpholine rings is 1. The average Bonchev–Trinajstić information content (AvgIpc) is 3.20. The zero-order chi connectivity index (χ0) is 24.9. The van der Waals surface area contributed by atoms with E-state index in [1.165, 1.54) is 30.4 Å². The molecule has 1 amide bonds. The molecule has 2 bridgehead atoms. The summed E-state index contributed by atoms with van der Waals surface area (Å²) in [4.78, 5) is 15.1. The monoisotopic (exact) mass is 489 g/mol. The quantitative estimate of drug-likeness (QED) is 0.568. The summed E-state index contributed by atoms with van der Waals surface area (Å²) in [6, 6.07) is 19.9. The molecule has 3 aromatic carbocycles. The molecule has 2 atom stereocenters. The van der Waals surface area contributed by atoms with Crippen molar-refractivity contribution in [1.82, 2.24) is 4.90 Å². The Kier molecular flexibility index (Phi) is 5.69. The number of benzene rings is 3. The lowest BCUT2D eigenvalue weighted by Crippen LogP contribution is -2.62. The van der Waals surface area contributed by atoms with Gasteiger partial charge in [-0.1, -0.05) is 48.5 Å². The number of carbonyl (C=O) groups is 1. The maximum atomic E-state index is 14.2. The van der Waals surface area contributed by atoms with Crippen molar-refractivity contribution in [3.05, 3.63) is 89.2 Å². The van der Waals surface area contributed by atoms with Crippen LogP contribution >= 0.6 is 0 Å². The third-order valence-electron chi connectivity index (χ3n) is 7.75. The molecular weight excluding hydrogens is 461 g/mol. The standard InChI is InChI=1S/C29H28FNO5/c1-34-22-11-18(10-19(30)12-22)29(33)13-20-15-35-16-21(14-29)31(20)28(32)36-17-27-25-8-4-2-6-23(25)24-7-3-5-9-26(24)27/h2-12,20-21,27,33H,13-17H2,1H3. The molecule has 0 aromatic heterocycles. The van der Waals surface area contributed by atoms with Gasteiger partial charge in [0, 0.05) is 24.8 Å². The maximum Gasteiger partial charge on any atom is 0.410 e. The molecule has 186 valence electrons. The molecule has 6 rings (SSSR count). The summed E-state index contributed by atoms with van der Waals surface area (Å²) in [5.74, 6) is -0.157. The molecule has 1 N–H and O–H groups in total. The number of aliphatic hydroxyl groups is 1. The SMILES string of the molecule is COc1cc(F)cc(C2(O)CC3COCC(C2)N3C(=O)OCC2c3ccccc3-c3ccccc32)c1. The predicted octanol–water partition coefficient (Wildman–Crippen LogP) is 4.83. The van der Waals surface area contributed by atoms with E-state index >= 15 is 0 Å². The van der Waals surface area contributed by atoms with Crippen molar-refractivity contribution in [1.29, 1.82) is 0 Å². The molecule has 36 heavy (non-hydrogen) atoms. The summed E-state index contributed by atoms with van der Waals surface area (Å²) in [6.45, 7) is 0.805. The van der Waals surface area contributed by atoms with Gasteiger partial charge in [0.25, 0.3) is 0 Å². The van der Waals surface area contributed by atoms with Crippen molar-refractivity contribution in [3.63, 3.8) is 0 Å². The molecule has 2 heterocycles. The minimum atomic E-state index is -1.30. The van der Waals surface area contributed by atoms with Crippen LogP contribution in [-0.2, 0) is 15.1 Å². The summed E-state index contributed by atoms with van der Waals surface area (Å²) in [5.41, 5.74) is 3.81. The van der Waals surface area contributed by atoms with E-state index in [-0.39, 0.29) is 50.7 Å². The van der Waals surface area contributed by atoms with Crippen molar-refractivity contribution >= 4 is 6.09 Å². The molecule has 6 nitrogen and oxygen atoms in total. The lowest BCUT2D eigenvalue weighted by Gasteiger charge is -2.51. The number of fused-ring (bicyclic) bond motifs is 5. The molecule has 2 unspecified atom stereocenters. The first kappa shape index (κ1) is 23.0. The molecule has 2 saturated heterocycles. The number of piperidine rings is 1. The summed E-state index contributed by atoms with van der Waals surface area (Å²) in [5, 5.41) is 11.6. The van der Waals surface area contributed by atoms with E-state index in [0.29, 0.717) is 11.3 Å². The predicted molar refractivity (Wildman–Crippen MR) is 131 cm³/mol. The van der Waals surface area contributed by atoms with E-state index in [1.807, 2.05) is 24.3 Å². The Bertz CT molecular complexity index is 1250. The summed E-state index contributed by atoms with van der Waals surface area (Å²) in [7, 11) is 1.46. The fourth-order valence-corrected chi connectivity index (χ4v) is 6.13. The van der Waals surface area contributed by atoms with E-state index in [4.69, 9.17) is 14.2 Å². The van der Waals surface area contributed by atoms with Gasteiger partial charge in [-0.15, -0.1) is 0 Å². The molecule has 1 aliphatic carbocycles. The van der Waals surface area contributed by atoms with Gasteiger partial charge in [0.05, 0.1) is 38.0 Å². The maximum absolute atomic E-state index is 14.2. The van der Waals surface area contributed by atoms with Crippen molar-refractivity contribution in [2.45, 2.75) is 36.4 Å². The zero-order valence-corrected chi connectivity index (χ0v) is 20.0. The minimum absolute atomic E-state index is 0.0288. The fourth-order valence-electron chi connectivity index (χ4n) is 6.13. The van der Waals surface area contributed by atoms with Gasteiger partial charge in [0.2, 0.25) is 0 Å². The van der Waals surface area contributed by atoms with E-state index in [9.17, 15) is 14.3 Å². The fraction of sp³-hybridized carbons (Fsp3) is 0.345. The summed E-state index contributed by atoms with van der Waals surface area (Å²) in [6.07, 6.45) is 0.0367. The molecule has 0 saturated carbocycles. The smallest absolute Gasteiger partial charge is 0.410 e. The Morgan fingerprint density at radius 2 is 1.64 bits per heavy atom. The lowest BCUT2D eigenvalue weighted by atomic mass is 9.77. The number of ether oxygens (including phenoxy) is 3. The number of halogens is 1. The van der Waals surface area contributed by atoms with Crippen molar-refractivity contribution in [2.24, 2.45) is 0 Å². The first-order valence-corrected chi connectivity index (χ1v) is 12.3. The normalized spacial score (nSPS) is 24.7. The van der Waals surface area contributed by atoms with Gasteiger partial charge in [-0.25, -0.2) is 9.18 Å². The second kappa shape index (κ2) is 8.91. The topological polar surface area (TPSA) is 68.2 Å². The Balaban J connectivity index is 1.21. The number of carbonyl (C=O) groups excluding carboxylic acids is 1. The summed E-state index contributed by atoms with van der Waals surface area (Å²) >= 11 is 0. The van der Waals surface area contributed by atoms with Gasteiger partial charge in [-0.2, -0.15) is 0 Å². The molecule has 0 spiro atoms. The van der Waals surface area contributed by atoms with Crippen molar-refractivity contribution < 1.29 is 28.5 Å². The molecular formula is C29H28FNO5. The molecule has 2 fully saturated rings. The lowest BCUT2D eigenvalue weighted by molar-refractivity contribution is -0.136. The van der Waals surface area contributed by atoms with E-state index in [0.717, 1.165) is 11.1 Å². The number of nitrogens with zero attached hydrogens (tertiary/aromatic N) is 1. The number of amides is 1. The highest BCUT2D eigenvalue weighted by molar-refractivity contribution is 5.79. The van der Waals surface area contributed by atoms with Gasteiger partial charge >= 0.3 is 6.09 Å². The van der Waals surface area contributed by atoms with Crippen LogP contribution in [0.15, 0.2) is 66.7 Å². The molecule has 2 aliphatic heterocycles. The van der Waals surface area contributed by atoms with Crippen LogP contribution in [0.1, 0.15) is 35.4 Å². The summed E-state index contributed by atoms with van der Waals surface area (Å²) < 4.78 is 31.0. The Morgan fingerprint density at radius 3 is 2.25 bits per heavy atom. The van der Waals surface area contributed by atoms with Crippen molar-refractivity contribution in [3.8, 4) is 16.9 Å². The third-order valence-corrected chi connectivity index (χ3v) is 7.75. The Labute approximate surface area is 209 Å². The van der Waals surface area contributed by atoms with Crippen molar-refractivity contribution in [2.75, 3.05) is 26.9 Å². The van der Waals surface area contributed by atoms with Crippen LogP contribution in [0, 0.1) is 5.82 Å². The number of methoxy groups -OCH3 is 1. The molecule has 7 heteroatoms. The third kappa shape index (κ3) is 3.83. The average molecular weight is 490 g/mol. The first-order chi connectivity index (χ1) is 17.5. The second-order valence-corrected chi connectivity index (χ2v) is 9.88. The van der Waals surface area contributed by atoms with Crippen LogP contribution < -0.4 is 4.74 Å². The highest BCUT2D eigenvalue weighted by Gasteiger charge is 2.49. The van der Waals surface area contributed by atoms with Gasteiger partial charge in [0.1, 0.15) is 18.2 Å². The minimum Gasteiger partial charge on any atom is -0.497 e. The number of hydrogen-bond donors (Lipinski definition) is 1. The van der Waals surface area contributed by atoms with Crippen LogP contribution in [0.3, 0.4) is 0 Å². The van der Waals surface area contributed by atoms with E-state index in [1.54, 1.807) is 11.0 Å². The Morgan fingerprint density at radius 1 is 1.03 bits per heavy atom. The molecule has 3 aromatic rings. The highest BCUT2D eigenvalue weighted by atomic mass is 19.1. The molecule has 0 radical (unpaired) electrons. The van der Waals surface area contributed by atoms with Gasteiger partial charge < -0.3 is 19.3 Å². The number of rotatable bonds is 4.